The summed E-state index contributed by atoms with van der Waals surface area (Å²) >= 11 is 0. The molecule has 0 aliphatic rings. The molecule has 1 aromatic rings. The number of methoxy groups -OCH3 is 1. The number of aliphatic hydroxyl groups excluding tert-OH is 1. The van der Waals surface area contributed by atoms with Gasteiger partial charge in [-0.15, -0.1) is 5.10 Å². The number of hydrogen-bond donors (Lipinski definition) is 2. The van der Waals surface area contributed by atoms with E-state index in [0.29, 0.717) is 13.0 Å². The summed E-state index contributed by atoms with van der Waals surface area (Å²) in [5, 5.41) is 17.0. The highest BCUT2D eigenvalue weighted by Gasteiger charge is 2.20. The highest BCUT2D eigenvalue weighted by atomic mass is 16.5. The topological polar surface area (TPSA) is 86.2 Å². The van der Waals surface area contributed by atoms with E-state index in [0.717, 1.165) is 11.4 Å². The van der Waals surface area contributed by atoms with Gasteiger partial charge in [0.05, 0.1) is 17.8 Å². The van der Waals surface area contributed by atoms with Crippen molar-refractivity contribution in [3.63, 3.8) is 0 Å². The molecule has 0 bridgehead atoms. The van der Waals surface area contributed by atoms with Crippen LogP contribution in [0.1, 0.15) is 43.8 Å². The molecule has 1 heterocycles. The molecule has 1 aromatic heterocycles. The average molecular weight is 228 g/mol. The first-order valence-corrected chi connectivity index (χ1v) is 5.43. The minimum absolute atomic E-state index is 0.0883. The van der Waals surface area contributed by atoms with Crippen LogP contribution in [0.25, 0.3) is 0 Å². The van der Waals surface area contributed by atoms with Crippen LogP contribution < -0.4 is 5.73 Å². The van der Waals surface area contributed by atoms with Gasteiger partial charge in [-0.3, -0.25) is 0 Å². The number of nitrogens with zero attached hydrogens (tertiary/aromatic N) is 3. The number of nitrogens with two attached hydrogens (primary N) is 1. The van der Waals surface area contributed by atoms with Crippen LogP contribution in [0.15, 0.2) is 0 Å². The van der Waals surface area contributed by atoms with Gasteiger partial charge in [0, 0.05) is 20.3 Å². The zero-order valence-corrected chi connectivity index (χ0v) is 10.1. The van der Waals surface area contributed by atoms with Crippen LogP contribution in [-0.4, -0.2) is 33.8 Å². The predicted octanol–water partition coefficient (Wildman–Crippen LogP) is 0.388. The normalized spacial score (nSPS) is 15.1. The monoisotopic (exact) mass is 228 g/mol. The first-order valence-electron chi connectivity index (χ1n) is 5.43. The fourth-order valence-corrected chi connectivity index (χ4v) is 1.65. The first kappa shape index (κ1) is 13.1. The number of rotatable bonds is 6. The number of aliphatic hydroxyl groups is 1. The number of aromatic nitrogens is 3. The zero-order valence-electron chi connectivity index (χ0n) is 10.1. The maximum atomic E-state index is 8.93. The predicted molar refractivity (Wildman–Crippen MR) is 59.8 cm³/mol. The lowest BCUT2D eigenvalue weighted by atomic mass is 10.2. The Morgan fingerprint density at radius 3 is 2.69 bits per heavy atom. The van der Waals surface area contributed by atoms with Crippen LogP contribution in [-0.2, 0) is 11.3 Å². The van der Waals surface area contributed by atoms with Gasteiger partial charge in [-0.1, -0.05) is 5.21 Å². The lowest BCUT2D eigenvalue weighted by Gasteiger charge is -2.17. The van der Waals surface area contributed by atoms with E-state index in [1.807, 2.05) is 13.8 Å². The Morgan fingerprint density at radius 1 is 1.50 bits per heavy atom. The minimum atomic E-state index is -0.102. The molecule has 6 heteroatoms. The smallest absolute Gasteiger partial charge is 0.102 e. The Bertz CT molecular complexity index is 327. The van der Waals surface area contributed by atoms with Gasteiger partial charge in [-0.2, -0.15) is 0 Å². The zero-order chi connectivity index (χ0) is 12.1. The Hall–Kier alpha value is -0.980. The van der Waals surface area contributed by atoms with E-state index in [4.69, 9.17) is 15.6 Å². The Balaban J connectivity index is 3.03. The molecule has 0 aliphatic carbocycles. The molecule has 0 spiro atoms. The quantitative estimate of drug-likeness (QED) is 0.735. The molecule has 3 N–H and O–H groups in total. The van der Waals surface area contributed by atoms with Gasteiger partial charge < -0.3 is 15.6 Å². The Morgan fingerprint density at radius 2 is 2.19 bits per heavy atom. The summed E-state index contributed by atoms with van der Waals surface area (Å²) in [4.78, 5) is 0. The molecule has 0 saturated heterocycles. The van der Waals surface area contributed by atoms with Crippen LogP contribution in [0.3, 0.4) is 0 Å². The van der Waals surface area contributed by atoms with Gasteiger partial charge in [0.1, 0.15) is 5.69 Å². The molecular weight excluding hydrogens is 208 g/mol. The Kier molecular flexibility index (Phi) is 4.85. The molecular formula is C10H20N4O2. The molecule has 1 rings (SSSR count). The second kappa shape index (κ2) is 5.93. The van der Waals surface area contributed by atoms with Gasteiger partial charge in [-0.25, -0.2) is 4.68 Å². The summed E-state index contributed by atoms with van der Waals surface area (Å²) in [6, 6.07) is 0.0883. The van der Waals surface area contributed by atoms with Crippen LogP contribution in [0.2, 0.25) is 0 Å². The third-order valence-corrected chi connectivity index (χ3v) is 2.70. The van der Waals surface area contributed by atoms with E-state index in [9.17, 15) is 0 Å². The fraction of sp³-hybridized carbons (Fsp3) is 0.800. The maximum absolute atomic E-state index is 8.93. The van der Waals surface area contributed by atoms with E-state index < -0.39 is 0 Å². The summed E-state index contributed by atoms with van der Waals surface area (Å²) in [6.45, 7) is 4.38. The second-order valence-electron chi connectivity index (χ2n) is 3.81. The lowest BCUT2D eigenvalue weighted by molar-refractivity contribution is 0.108. The molecule has 92 valence electrons. The van der Waals surface area contributed by atoms with Crippen molar-refractivity contribution in [1.29, 1.82) is 0 Å². The number of ether oxygens (including phenoxy) is 1. The van der Waals surface area contributed by atoms with Crippen molar-refractivity contribution in [2.45, 2.75) is 39.0 Å². The van der Waals surface area contributed by atoms with E-state index >= 15 is 0 Å². The summed E-state index contributed by atoms with van der Waals surface area (Å²) in [7, 11) is 1.64. The van der Waals surface area contributed by atoms with E-state index in [-0.39, 0.29) is 18.8 Å². The third-order valence-electron chi connectivity index (χ3n) is 2.70. The van der Waals surface area contributed by atoms with Gasteiger partial charge >= 0.3 is 0 Å². The van der Waals surface area contributed by atoms with Crippen molar-refractivity contribution < 1.29 is 9.84 Å². The van der Waals surface area contributed by atoms with E-state index in [1.54, 1.807) is 11.8 Å². The lowest BCUT2D eigenvalue weighted by Crippen LogP contribution is -2.16. The molecule has 0 aromatic carbocycles. The minimum Gasteiger partial charge on any atom is -0.396 e. The SMILES string of the molecule is COC(C)c1c(CN)nnn1C(C)CCO. The van der Waals surface area contributed by atoms with Crippen LogP contribution in [0, 0.1) is 0 Å². The van der Waals surface area contributed by atoms with Crippen molar-refractivity contribution in [2.24, 2.45) is 5.73 Å². The van der Waals surface area contributed by atoms with Crippen molar-refractivity contribution in [1.82, 2.24) is 15.0 Å². The van der Waals surface area contributed by atoms with E-state index in [2.05, 4.69) is 10.3 Å². The summed E-state index contributed by atoms with van der Waals surface area (Å²) in [5.74, 6) is 0. The molecule has 0 fully saturated rings. The van der Waals surface area contributed by atoms with Gasteiger partial charge in [0.2, 0.25) is 0 Å². The molecule has 2 unspecified atom stereocenters. The number of hydrogen-bond acceptors (Lipinski definition) is 5. The summed E-state index contributed by atoms with van der Waals surface area (Å²) in [6.07, 6.45) is 0.534. The molecule has 0 saturated carbocycles. The Labute approximate surface area is 95.4 Å². The molecule has 0 amide bonds. The van der Waals surface area contributed by atoms with Crippen molar-refractivity contribution >= 4 is 0 Å². The van der Waals surface area contributed by atoms with Crippen molar-refractivity contribution in [3.8, 4) is 0 Å². The molecule has 0 radical (unpaired) electrons. The van der Waals surface area contributed by atoms with Crippen molar-refractivity contribution in [3.05, 3.63) is 11.4 Å². The van der Waals surface area contributed by atoms with Crippen LogP contribution in [0.5, 0.6) is 0 Å². The first-order chi connectivity index (χ1) is 7.65. The van der Waals surface area contributed by atoms with E-state index in [1.165, 1.54) is 0 Å². The second-order valence-corrected chi connectivity index (χ2v) is 3.81. The van der Waals surface area contributed by atoms with Gasteiger partial charge in [0.25, 0.3) is 0 Å². The molecule has 0 aliphatic heterocycles. The fourth-order valence-electron chi connectivity index (χ4n) is 1.65. The standard InChI is InChI=1S/C10H20N4O2/c1-7(4-5-15)14-10(8(2)16-3)9(6-11)12-13-14/h7-8,15H,4-6,11H2,1-3H3. The van der Waals surface area contributed by atoms with Crippen LogP contribution >= 0.6 is 0 Å². The highest BCUT2D eigenvalue weighted by Crippen LogP contribution is 2.22. The van der Waals surface area contributed by atoms with Crippen LogP contribution in [0.4, 0.5) is 0 Å². The van der Waals surface area contributed by atoms with Gasteiger partial charge in [0.15, 0.2) is 0 Å². The average Bonchev–Trinajstić information content (AvgIpc) is 2.71. The summed E-state index contributed by atoms with van der Waals surface area (Å²) < 4.78 is 7.07. The van der Waals surface area contributed by atoms with Gasteiger partial charge in [-0.05, 0) is 20.3 Å². The van der Waals surface area contributed by atoms with Crippen molar-refractivity contribution in [2.75, 3.05) is 13.7 Å². The maximum Gasteiger partial charge on any atom is 0.102 e. The largest absolute Gasteiger partial charge is 0.396 e. The third kappa shape index (κ3) is 2.58. The molecule has 6 nitrogen and oxygen atoms in total. The highest BCUT2D eigenvalue weighted by molar-refractivity contribution is 5.13. The molecule has 2 atom stereocenters. The summed E-state index contributed by atoms with van der Waals surface area (Å²) in [5.41, 5.74) is 7.25. The molecule has 16 heavy (non-hydrogen) atoms.